The van der Waals surface area contributed by atoms with E-state index in [9.17, 15) is 14.4 Å². The third kappa shape index (κ3) is 5.53. The summed E-state index contributed by atoms with van der Waals surface area (Å²) in [5, 5.41) is 6.34. The van der Waals surface area contributed by atoms with Gasteiger partial charge in [-0.3, -0.25) is 14.4 Å². The molecule has 0 radical (unpaired) electrons. The Morgan fingerprint density at radius 3 is 2.53 bits per heavy atom. The topological polar surface area (TPSA) is 104 Å². The lowest BCUT2D eigenvalue weighted by Crippen LogP contribution is -2.26. The molecular weight excluding hydrogens is 380 g/mol. The van der Waals surface area contributed by atoms with Crippen molar-refractivity contribution in [1.29, 1.82) is 0 Å². The van der Waals surface area contributed by atoms with Crippen LogP contribution in [0, 0.1) is 0 Å². The number of aromatic amines is 1. The van der Waals surface area contributed by atoms with Crippen LogP contribution in [0.5, 0.6) is 0 Å². The van der Waals surface area contributed by atoms with E-state index >= 15 is 0 Å². The van der Waals surface area contributed by atoms with Crippen LogP contribution < -0.4 is 16.2 Å². The molecule has 30 heavy (non-hydrogen) atoms. The summed E-state index contributed by atoms with van der Waals surface area (Å²) in [6, 6.07) is 14.5. The van der Waals surface area contributed by atoms with Gasteiger partial charge in [-0.05, 0) is 43.2 Å². The summed E-state index contributed by atoms with van der Waals surface area (Å²) in [4.78, 5) is 43.1. The molecule has 3 N–H and O–H groups in total. The van der Waals surface area contributed by atoms with E-state index in [4.69, 9.17) is 0 Å². The van der Waals surface area contributed by atoms with Gasteiger partial charge in [-0.25, -0.2) is 4.98 Å². The molecule has 1 heterocycles. The molecule has 0 saturated carbocycles. The first-order chi connectivity index (χ1) is 14.5. The molecule has 3 rings (SSSR count). The average molecular weight is 406 g/mol. The van der Waals surface area contributed by atoms with Crippen molar-refractivity contribution < 1.29 is 9.59 Å². The third-order valence-corrected chi connectivity index (χ3v) is 4.87. The van der Waals surface area contributed by atoms with Crippen LogP contribution in [-0.2, 0) is 16.0 Å². The van der Waals surface area contributed by atoms with Crippen molar-refractivity contribution in [2.24, 2.45) is 0 Å². The number of aryl methyl sites for hydroxylation is 1. The predicted octanol–water partition coefficient (Wildman–Crippen LogP) is 3.47. The number of benzene rings is 2. The molecule has 3 aromatic rings. The molecule has 0 saturated heterocycles. The minimum absolute atomic E-state index is 0.0358. The zero-order valence-electron chi connectivity index (χ0n) is 17.2. The highest BCUT2D eigenvalue weighted by molar-refractivity contribution is 5.90. The van der Waals surface area contributed by atoms with Gasteiger partial charge in [-0.15, -0.1) is 0 Å². The quantitative estimate of drug-likeness (QED) is 0.533. The van der Waals surface area contributed by atoms with Crippen molar-refractivity contribution in [2.75, 3.05) is 5.32 Å². The van der Waals surface area contributed by atoms with Crippen molar-refractivity contribution in [2.45, 2.75) is 45.6 Å². The fourth-order valence-corrected chi connectivity index (χ4v) is 3.17. The summed E-state index contributed by atoms with van der Waals surface area (Å²) in [6.07, 6.45) is 1.87. The molecule has 1 aromatic heterocycles. The Morgan fingerprint density at radius 2 is 1.80 bits per heavy atom. The summed E-state index contributed by atoms with van der Waals surface area (Å²) >= 11 is 0. The van der Waals surface area contributed by atoms with Gasteiger partial charge in [-0.1, -0.05) is 31.2 Å². The molecule has 2 amide bonds. The van der Waals surface area contributed by atoms with E-state index in [-0.39, 0.29) is 23.4 Å². The highest BCUT2D eigenvalue weighted by atomic mass is 16.2. The second-order valence-corrected chi connectivity index (χ2v) is 7.20. The Balaban J connectivity index is 1.49. The molecular formula is C23H26N4O3. The SMILES string of the molecule is CCC(=O)Nc1ccc(C(C)NC(=O)CCCc2nc3ccccc3c(=O)[nH]2)cc1. The Labute approximate surface area is 174 Å². The Kier molecular flexibility index (Phi) is 6.95. The number of carbonyl (C=O) groups is 2. The first kappa shape index (κ1) is 21.2. The van der Waals surface area contributed by atoms with E-state index in [0.29, 0.717) is 42.4 Å². The summed E-state index contributed by atoms with van der Waals surface area (Å²) < 4.78 is 0. The lowest BCUT2D eigenvalue weighted by Gasteiger charge is -2.15. The number of H-pyrrole nitrogens is 1. The van der Waals surface area contributed by atoms with Crippen molar-refractivity contribution in [1.82, 2.24) is 15.3 Å². The van der Waals surface area contributed by atoms with Crippen LogP contribution >= 0.6 is 0 Å². The molecule has 7 heteroatoms. The maximum absolute atomic E-state index is 12.3. The van der Waals surface area contributed by atoms with E-state index in [1.165, 1.54) is 0 Å². The average Bonchev–Trinajstić information content (AvgIpc) is 2.74. The standard InChI is InChI=1S/C23H26N4O3/c1-3-21(28)25-17-13-11-16(12-14-17)15(2)24-22(29)10-6-9-20-26-19-8-5-4-7-18(19)23(30)27-20/h4-5,7-8,11-15H,3,6,9-10H2,1-2H3,(H,24,29)(H,25,28)(H,26,27,30). The minimum Gasteiger partial charge on any atom is -0.350 e. The Hall–Kier alpha value is -3.48. The first-order valence-electron chi connectivity index (χ1n) is 10.1. The summed E-state index contributed by atoms with van der Waals surface area (Å²) in [7, 11) is 0. The van der Waals surface area contributed by atoms with Gasteiger partial charge in [0.1, 0.15) is 5.82 Å². The van der Waals surface area contributed by atoms with E-state index < -0.39 is 0 Å². The van der Waals surface area contributed by atoms with Crippen LogP contribution in [0.25, 0.3) is 10.9 Å². The number of para-hydroxylation sites is 1. The molecule has 0 aliphatic heterocycles. The maximum atomic E-state index is 12.3. The van der Waals surface area contributed by atoms with Gasteiger partial charge in [-0.2, -0.15) is 0 Å². The number of anilines is 1. The van der Waals surface area contributed by atoms with Crippen LogP contribution in [-0.4, -0.2) is 21.8 Å². The highest BCUT2D eigenvalue weighted by Crippen LogP contribution is 2.16. The van der Waals surface area contributed by atoms with Crippen molar-refractivity contribution >= 4 is 28.4 Å². The van der Waals surface area contributed by atoms with E-state index in [1.807, 2.05) is 37.3 Å². The van der Waals surface area contributed by atoms with Crippen LogP contribution in [0.15, 0.2) is 53.3 Å². The van der Waals surface area contributed by atoms with Crippen LogP contribution in [0.1, 0.15) is 50.5 Å². The number of amides is 2. The van der Waals surface area contributed by atoms with E-state index in [2.05, 4.69) is 20.6 Å². The molecule has 0 aliphatic carbocycles. The van der Waals surface area contributed by atoms with Gasteiger partial charge in [0.2, 0.25) is 11.8 Å². The van der Waals surface area contributed by atoms with Crippen LogP contribution in [0.4, 0.5) is 5.69 Å². The predicted molar refractivity (Wildman–Crippen MR) is 117 cm³/mol. The Morgan fingerprint density at radius 1 is 1.07 bits per heavy atom. The number of hydrogen-bond acceptors (Lipinski definition) is 4. The van der Waals surface area contributed by atoms with Crippen LogP contribution in [0.3, 0.4) is 0 Å². The lowest BCUT2D eigenvalue weighted by molar-refractivity contribution is -0.121. The van der Waals surface area contributed by atoms with Gasteiger partial charge in [0.25, 0.3) is 5.56 Å². The molecule has 2 aromatic carbocycles. The number of rotatable bonds is 8. The maximum Gasteiger partial charge on any atom is 0.258 e. The normalized spacial score (nSPS) is 11.8. The van der Waals surface area contributed by atoms with E-state index in [1.54, 1.807) is 25.1 Å². The zero-order valence-corrected chi connectivity index (χ0v) is 17.2. The van der Waals surface area contributed by atoms with Crippen molar-refractivity contribution in [3.63, 3.8) is 0 Å². The molecule has 1 atom stereocenters. The fourth-order valence-electron chi connectivity index (χ4n) is 3.17. The largest absolute Gasteiger partial charge is 0.350 e. The number of hydrogen-bond donors (Lipinski definition) is 3. The molecule has 0 aliphatic rings. The molecule has 0 fully saturated rings. The zero-order chi connectivity index (χ0) is 21.5. The lowest BCUT2D eigenvalue weighted by atomic mass is 10.1. The van der Waals surface area contributed by atoms with E-state index in [0.717, 1.165) is 11.3 Å². The number of carbonyl (C=O) groups excluding carboxylic acids is 2. The van der Waals surface area contributed by atoms with Crippen LogP contribution in [0.2, 0.25) is 0 Å². The Bertz CT molecular complexity index is 1090. The minimum atomic E-state index is -0.160. The van der Waals surface area contributed by atoms with Crippen molar-refractivity contribution in [3.05, 3.63) is 70.3 Å². The molecule has 7 nitrogen and oxygen atoms in total. The third-order valence-electron chi connectivity index (χ3n) is 4.87. The molecule has 0 spiro atoms. The first-order valence-corrected chi connectivity index (χ1v) is 10.1. The number of fused-ring (bicyclic) bond motifs is 1. The monoisotopic (exact) mass is 406 g/mol. The number of nitrogens with one attached hydrogen (secondary N) is 3. The van der Waals surface area contributed by atoms with Gasteiger partial charge in [0.05, 0.1) is 16.9 Å². The summed E-state index contributed by atoms with van der Waals surface area (Å²) in [6.45, 7) is 3.72. The second kappa shape index (κ2) is 9.82. The summed E-state index contributed by atoms with van der Waals surface area (Å²) in [5.74, 6) is 0.490. The fraction of sp³-hybridized carbons (Fsp3) is 0.304. The second-order valence-electron chi connectivity index (χ2n) is 7.20. The smallest absolute Gasteiger partial charge is 0.258 e. The van der Waals surface area contributed by atoms with Gasteiger partial charge >= 0.3 is 0 Å². The summed E-state index contributed by atoms with van der Waals surface area (Å²) in [5.41, 5.74) is 2.19. The molecule has 1 unspecified atom stereocenters. The molecule has 0 bridgehead atoms. The molecule has 156 valence electrons. The highest BCUT2D eigenvalue weighted by Gasteiger charge is 2.11. The van der Waals surface area contributed by atoms with Gasteiger partial charge < -0.3 is 15.6 Å². The van der Waals surface area contributed by atoms with Crippen molar-refractivity contribution in [3.8, 4) is 0 Å². The number of aromatic nitrogens is 2. The van der Waals surface area contributed by atoms with Gasteiger partial charge in [0, 0.05) is 24.9 Å². The number of nitrogens with zero attached hydrogens (tertiary/aromatic N) is 1. The van der Waals surface area contributed by atoms with Gasteiger partial charge in [0.15, 0.2) is 0 Å².